The molecule has 3 unspecified atom stereocenters. The van der Waals surface area contributed by atoms with E-state index in [9.17, 15) is 65.9 Å². The first kappa shape index (κ1) is 38.7. The Labute approximate surface area is 245 Å². The van der Waals surface area contributed by atoms with Crippen LogP contribution >= 0.6 is 0 Å². The molecule has 3 atom stereocenters. The molecule has 1 fully saturated rings. The highest BCUT2D eigenvalue weighted by atomic mass is 19.4. The second-order valence-corrected chi connectivity index (χ2v) is 13.3. The Hall–Kier alpha value is -1.51. The smallest absolute Gasteiger partial charge is 0.389 e. The van der Waals surface area contributed by atoms with Crippen LogP contribution in [0.5, 0.6) is 0 Å². The summed E-state index contributed by atoms with van der Waals surface area (Å²) in [4.78, 5) is 0. The zero-order valence-electron chi connectivity index (χ0n) is 24.8. The van der Waals surface area contributed by atoms with Gasteiger partial charge in [0.25, 0.3) is 0 Å². The molecule has 2 aliphatic rings. The Morgan fingerprint density at radius 1 is 0.545 bits per heavy atom. The van der Waals surface area contributed by atoms with Crippen LogP contribution in [-0.2, 0) is 4.74 Å². The number of alkyl halides is 15. The van der Waals surface area contributed by atoms with Gasteiger partial charge in [0.1, 0.15) is 11.4 Å². The third-order valence-electron chi connectivity index (χ3n) is 10.9. The maximum atomic E-state index is 13.8. The first-order valence-corrected chi connectivity index (χ1v) is 14.0. The van der Waals surface area contributed by atoms with Crippen LogP contribution in [0, 0.1) is 27.6 Å². The molecule has 0 aromatic rings. The highest BCUT2D eigenvalue weighted by Gasteiger charge is 2.77. The molecule has 260 valence electrons. The van der Waals surface area contributed by atoms with E-state index >= 15 is 0 Å². The fourth-order valence-electron chi connectivity index (χ4n) is 7.90. The van der Waals surface area contributed by atoms with Crippen LogP contribution in [0.3, 0.4) is 0 Å². The van der Waals surface area contributed by atoms with E-state index in [1.165, 1.54) is 33.8 Å². The summed E-state index contributed by atoms with van der Waals surface area (Å²) in [6.07, 6.45) is -41.1. The van der Waals surface area contributed by atoms with Crippen molar-refractivity contribution in [3.05, 3.63) is 11.8 Å². The summed E-state index contributed by atoms with van der Waals surface area (Å²) in [6.45, 7) is 6.80. The van der Waals surface area contributed by atoms with Gasteiger partial charge in [0.05, 0.1) is 0 Å². The first-order chi connectivity index (χ1) is 19.3. The van der Waals surface area contributed by atoms with Crippen molar-refractivity contribution >= 4 is 0 Å². The molecular formula is C28H37F15O. The van der Waals surface area contributed by atoms with Gasteiger partial charge in [-0.25, -0.2) is 0 Å². The summed E-state index contributed by atoms with van der Waals surface area (Å²) in [6, 6.07) is 0. The average Bonchev–Trinajstić information content (AvgIpc) is 2.97. The van der Waals surface area contributed by atoms with Crippen molar-refractivity contribution in [1.82, 2.24) is 0 Å². The van der Waals surface area contributed by atoms with Gasteiger partial charge in [-0.3, -0.25) is 0 Å². The van der Waals surface area contributed by atoms with Crippen LogP contribution in [0.4, 0.5) is 65.9 Å². The lowest BCUT2D eigenvalue weighted by molar-refractivity contribution is -0.310. The molecule has 2 rings (SSSR count). The molecule has 0 bridgehead atoms. The third kappa shape index (κ3) is 7.71. The quantitative estimate of drug-likeness (QED) is 0.210. The number of hydrogen-bond acceptors (Lipinski definition) is 1. The summed E-state index contributed by atoms with van der Waals surface area (Å²) in [5, 5.41) is 0. The molecule has 0 saturated carbocycles. The van der Waals surface area contributed by atoms with E-state index in [1.54, 1.807) is 0 Å². The maximum Gasteiger partial charge on any atom is 0.389 e. The van der Waals surface area contributed by atoms with Gasteiger partial charge in [0.15, 0.2) is 0 Å². The van der Waals surface area contributed by atoms with Crippen molar-refractivity contribution in [2.24, 2.45) is 27.6 Å². The second kappa shape index (κ2) is 11.6. The lowest BCUT2D eigenvalue weighted by atomic mass is 9.36. The summed E-state index contributed by atoms with van der Waals surface area (Å²) >= 11 is 0. The highest BCUT2D eigenvalue weighted by Crippen LogP contribution is 2.79. The largest absolute Gasteiger partial charge is 0.491 e. The Morgan fingerprint density at radius 2 is 0.864 bits per heavy atom. The number of ether oxygens (including phenoxy) is 1. The Morgan fingerprint density at radius 3 is 1.20 bits per heavy atom. The van der Waals surface area contributed by atoms with Gasteiger partial charge in [0, 0.05) is 42.9 Å². The predicted octanol–water partition coefficient (Wildman–Crippen LogP) is 12.0. The molecule has 1 aliphatic heterocycles. The number of allylic oxidation sites excluding steroid dienone is 2. The van der Waals surface area contributed by atoms with Gasteiger partial charge < -0.3 is 4.74 Å². The molecule has 0 spiro atoms. The first-order valence-electron chi connectivity index (χ1n) is 14.0. The minimum atomic E-state index is -5.18. The SMILES string of the molecule is CC1C=C2OC(CCC(F)(F)F)(CCC(F)(F)F)C(CCC(F)(F)F)(CCC(F)(F)F)C(C)(CCC(F)(F)F)C2(C)C1(C)C. The number of hydrogen-bond donors (Lipinski definition) is 0. The van der Waals surface area contributed by atoms with E-state index in [1.807, 2.05) is 0 Å². The summed E-state index contributed by atoms with van der Waals surface area (Å²) in [7, 11) is 0. The Balaban J connectivity index is 3.15. The van der Waals surface area contributed by atoms with Gasteiger partial charge >= 0.3 is 30.9 Å². The van der Waals surface area contributed by atoms with E-state index in [0.29, 0.717) is 0 Å². The van der Waals surface area contributed by atoms with Gasteiger partial charge in [-0.05, 0) is 54.9 Å². The maximum absolute atomic E-state index is 13.8. The van der Waals surface area contributed by atoms with Crippen LogP contribution in [0.15, 0.2) is 11.8 Å². The Kier molecular flexibility index (Phi) is 10.2. The summed E-state index contributed by atoms with van der Waals surface area (Å²) < 4.78 is 213. The minimum Gasteiger partial charge on any atom is -0.491 e. The van der Waals surface area contributed by atoms with E-state index in [0.717, 1.165) is 6.92 Å². The molecule has 0 aromatic carbocycles. The zero-order chi connectivity index (χ0) is 34.6. The summed E-state index contributed by atoms with van der Waals surface area (Å²) in [5.74, 6) is -1.00. The molecule has 1 saturated heterocycles. The third-order valence-corrected chi connectivity index (χ3v) is 10.9. The molecule has 16 heteroatoms. The van der Waals surface area contributed by atoms with Crippen molar-refractivity contribution in [3.63, 3.8) is 0 Å². The molecule has 0 aromatic heterocycles. The molecule has 0 N–H and O–H groups in total. The fraction of sp³-hybridized carbons (Fsp3) is 0.929. The van der Waals surface area contributed by atoms with Crippen LogP contribution in [0.2, 0.25) is 0 Å². The fourth-order valence-corrected chi connectivity index (χ4v) is 7.90. The summed E-state index contributed by atoms with van der Waals surface area (Å²) in [5.41, 5.74) is -11.4. The monoisotopic (exact) mass is 674 g/mol. The minimum absolute atomic E-state index is 0.321. The van der Waals surface area contributed by atoms with Crippen LogP contribution < -0.4 is 0 Å². The molecule has 1 aliphatic carbocycles. The Bertz CT molecular complexity index is 992. The molecule has 0 radical (unpaired) electrons. The van der Waals surface area contributed by atoms with Crippen molar-refractivity contribution in [3.8, 4) is 0 Å². The van der Waals surface area contributed by atoms with E-state index in [4.69, 9.17) is 4.74 Å². The molecule has 1 nitrogen and oxygen atoms in total. The van der Waals surface area contributed by atoms with E-state index < -0.39 is 128 Å². The van der Waals surface area contributed by atoms with Crippen LogP contribution in [-0.4, -0.2) is 36.5 Å². The molecule has 1 heterocycles. The van der Waals surface area contributed by atoms with E-state index in [-0.39, 0.29) is 5.76 Å². The van der Waals surface area contributed by atoms with Crippen molar-refractivity contribution in [2.75, 3.05) is 0 Å². The topological polar surface area (TPSA) is 9.23 Å². The van der Waals surface area contributed by atoms with Gasteiger partial charge in [-0.1, -0.05) is 34.6 Å². The number of fused-ring (bicyclic) bond motifs is 1. The van der Waals surface area contributed by atoms with E-state index in [2.05, 4.69) is 0 Å². The van der Waals surface area contributed by atoms with Crippen molar-refractivity contribution in [2.45, 2.75) is 135 Å². The molecule has 0 amide bonds. The molecular weight excluding hydrogens is 637 g/mol. The normalized spacial score (nSPS) is 28.8. The van der Waals surface area contributed by atoms with Crippen LogP contribution in [0.25, 0.3) is 0 Å². The van der Waals surface area contributed by atoms with Crippen LogP contribution in [0.1, 0.15) is 98.8 Å². The average molecular weight is 675 g/mol. The van der Waals surface area contributed by atoms with Gasteiger partial charge in [-0.2, -0.15) is 65.9 Å². The number of rotatable bonds is 10. The van der Waals surface area contributed by atoms with Crippen molar-refractivity contribution < 1.29 is 70.6 Å². The molecule has 44 heavy (non-hydrogen) atoms. The lowest BCUT2D eigenvalue weighted by Gasteiger charge is -2.72. The zero-order valence-corrected chi connectivity index (χ0v) is 24.8. The number of halogens is 15. The van der Waals surface area contributed by atoms with Gasteiger partial charge in [0.2, 0.25) is 0 Å². The second-order valence-electron chi connectivity index (χ2n) is 13.3. The predicted molar refractivity (Wildman–Crippen MR) is 130 cm³/mol. The van der Waals surface area contributed by atoms with Gasteiger partial charge in [-0.15, -0.1) is 0 Å². The van der Waals surface area contributed by atoms with Crippen molar-refractivity contribution in [1.29, 1.82) is 0 Å². The highest BCUT2D eigenvalue weighted by molar-refractivity contribution is 5.34. The standard InChI is InChI=1S/C28H37F15O/c1-17-16-18-21(5,19(17,2)3)20(4,6-11-24(29,30)31)22(7-12-25(32,33)34,8-13-26(35,36)37)23(44-18,9-14-27(38,39)40)10-15-28(41,42)43/h16-17H,6-15H2,1-5H3. The lowest BCUT2D eigenvalue weighted by Crippen LogP contribution is -2.70.